The molecule has 0 amide bonds. The molecule has 4 heteroatoms. The molecule has 0 saturated carbocycles. The second kappa shape index (κ2) is 3.52. The minimum atomic E-state index is 0.132. The highest BCUT2D eigenvalue weighted by atomic mass is 15.3. The molecule has 15 heavy (non-hydrogen) atoms. The van der Waals surface area contributed by atoms with Gasteiger partial charge in [-0.05, 0) is 6.42 Å². The van der Waals surface area contributed by atoms with Gasteiger partial charge in [0.05, 0.1) is 0 Å². The minimum Gasteiger partial charge on any atom is -0.354 e. The number of hydrogen-bond acceptors (Lipinski definition) is 3. The fourth-order valence-electron chi connectivity index (χ4n) is 1.85. The summed E-state index contributed by atoms with van der Waals surface area (Å²) in [6, 6.07) is 2.44. The van der Waals surface area contributed by atoms with Gasteiger partial charge in [-0.25, -0.2) is 0 Å². The van der Waals surface area contributed by atoms with E-state index in [-0.39, 0.29) is 5.41 Å². The number of aromatic nitrogens is 2. The normalized spacial score (nSPS) is 22.4. The van der Waals surface area contributed by atoms with Crippen molar-refractivity contribution in [2.75, 3.05) is 18.0 Å². The van der Waals surface area contributed by atoms with E-state index < -0.39 is 0 Å². The smallest absolute Gasteiger partial charge is 0.150 e. The maximum atomic E-state index is 5.88. The van der Waals surface area contributed by atoms with Crippen LogP contribution in [0.4, 0.5) is 5.82 Å². The Morgan fingerprint density at radius 1 is 1.53 bits per heavy atom. The molecule has 1 unspecified atom stereocenters. The average Bonchev–Trinajstić information content (AvgIpc) is 2.69. The first-order chi connectivity index (χ1) is 6.97. The highest BCUT2D eigenvalue weighted by Gasteiger charge is 2.23. The van der Waals surface area contributed by atoms with Crippen LogP contribution in [0.2, 0.25) is 0 Å². The molecule has 2 heterocycles. The summed E-state index contributed by atoms with van der Waals surface area (Å²) < 4.78 is 0. The van der Waals surface area contributed by atoms with Gasteiger partial charge in [0.15, 0.2) is 5.82 Å². The lowest BCUT2D eigenvalue weighted by molar-refractivity contribution is 0.567. The summed E-state index contributed by atoms with van der Waals surface area (Å²) in [5.41, 5.74) is 7.19. The Hall–Kier alpha value is -1.03. The van der Waals surface area contributed by atoms with Crippen LogP contribution in [0.3, 0.4) is 0 Å². The van der Waals surface area contributed by atoms with Crippen LogP contribution in [0.5, 0.6) is 0 Å². The number of nitrogens with one attached hydrogen (secondary N) is 1. The van der Waals surface area contributed by atoms with Gasteiger partial charge in [-0.1, -0.05) is 20.8 Å². The summed E-state index contributed by atoms with van der Waals surface area (Å²) in [5.74, 6) is 1.04. The molecule has 1 saturated heterocycles. The number of anilines is 1. The van der Waals surface area contributed by atoms with E-state index in [1.165, 1.54) is 5.69 Å². The molecule has 0 spiro atoms. The van der Waals surface area contributed by atoms with E-state index in [2.05, 4.69) is 41.9 Å². The molecular formula is C11H20N4. The number of hydrogen-bond donors (Lipinski definition) is 2. The molecule has 0 bridgehead atoms. The summed E-state index contributed by atoms with van der Waals surface area (Å²) >= 11 is 0. The standard InChI is InChI=1S/C11H20N4/c1-11(2,3)9-6-10(14-13-9)15-5-4-8(12)7-15/h6,8H,4-5,7,12H2,1-3H3,(H,13,14). The Morgan fingerprint density at radius 3 is 2.73 bits per heavy atom. The van der Waals surface area contributed by atoms with Crippen molar-refractivity contribution in [1.29, 1.82) is 0 Å². The lowest BCUT2D eigenvalue weighted by Gasteiger charge is -2.16. The van der Waals surface area contributed by atoms with E-state index in [1.54, 1.807) is 0 Å². The van der Waals surface area contributed by atoms with Crippen molar-refractivity contribution in [3.8, 4) is 0 Å². The molecule has 1 aromatic rings. The van der Waals surface area contributed by atoms with Gasteiger partial charge in [-0.15, -0.1) is 0 Å². The number of aromatic amines is 1. The van der Waals surface area contributed by atoms with Gasteiger partial charge in [0, 0.05) is 36.3 Å². The van der Waals surface area contributed by atoms with Crippen molar-refractivity contribution in [2.24, 2.45) is 5.73 Å². The third-order valence-electron chi connectivity index (χ3n) is 2.92. The molecule has 2 rings (SSSR count). The van der Waals surface area contributed by atoms with Gasteiger partial charge >= 0.3 is 0 Å². The van der Waals surface area contributed by atoms with E-state index >= 15 is 0 Å². The maximum Gasteiger partial charge on any atom is 0.150 e. The van der Waals surface area contributed by atoms with Gasteiger partial charge < -0.3 is 10.6 Å². The van der Waals surface area contributed by atoms with Crippen molar-refractivity contribution < 1.29 is 0 Å². The zero-order valence-electron chi connectivity index (χ0n) is 9.75. The van der Waals surface area contributed by atoms with Crippen LogP contribution < -0.4 is 10.6 Å². The number of H-pyrrole nitrogens is 1. The first-order valence-corrected chi connectivity index (χ1v) is 5.53. The third-order valence-corrected chi connectivity index (χ3v) is 2.92. The van der Waals surface area contributed by atoms with Gasteiger partial charge in [0.2, 0.25) is 0 Å². The molecule has 0 radical (unpaired) electrons. The van der Waals surface area contributed by atoms with Crippen molar-refractivity contribution in [1.82, 2.24) is 10.2 Å². The molecule has 1 aliphatic heterocycles. The molecule has 1 aromatic heterocycles. The van der Waals surface area contributed by atoms with Gasteiger partial charge in [-0.2, -0.15) is 5.10 Å². The predicted molar refractivity (Wildman–Crippen MR) is 62.1 cm³/mol. The van der Waals surface area contributed by atoms with Crippen molar-refractivity contribution in [2.45, 2.75) is 38.6 Å². The largest absolute Gasteiger partial charge is 0.354 e. The number of rotatable bonds is 1. The summed E-state index contributed by atoms with van der Waals surface area (Å²) in [5, 5.41) is 7.45. The Bertz CT molecular complexity index is 337. The molecule has 0 aromatic carbocycles. The zero-order valence-corrected chi connectivity index (χ0v) is 9.75. The molecule has 1 fully saturated rings. The predicted octanol–water partition coefficient (Wildman–Crippen LogP) is 1.24. The van der Waals surface area contributed by atoms with Crippen LogP contribution in [0.25, 0.3) is 0 Å². The van der Waals surface area contributed by atoms with Crippen molar-refractivity contribution >= 4 is 5.82 Å². The molecule has 1 aliphatic rings. The number of nitrogens with two attached hydrogens (primary N) is 1. The van der Waals surface area contributed by atoms with Crippen LogP contribution >= 0.6 is 0 Å². The summed E-state index contributed by atoms with van der Waals surface area (Å²) in [6.45, 7) is 8.49. The summed E-state index contributed by atoms with van der Waals surface area (Å²) in [7, 11) is 0. The fraction of sp³-hybridized carbons (Fsp3) is 0.727. The summed E-state index contributed by atoms with van der Waals surface area (Å²) in [6.07, 6.45) is 1.07. The SMILES string of the molecule is CC(C)(C)c1cc(N2CCC(N)C2)n[nH]1. The molecule has 84 valence electrons. The molecule has 3 N–H and O–H groups in total. The fourth-order valence-corrected chi connectivity index (χ4v) is 1.85. The maximum absolute atomic E-state index is 5.88. The van der Waals surface area contributed by atoms with Crippen molar-refractivity contribution in [3.05, 3.63) is 11.8 Å². The minimum absolute atomic E-state index is 0.132. The van der Waals surface area contributed by atoms with E-state index in [0.29, 0.717) is 6.04 Å². The van der Waals surface area contributed by atoms with Crippen LogP contribution in [-0.4, -0.2) is 29.3 Å². The van der Waals surface area contributed by atoms with Crippen LogP contribution in [0.1, 0.15) is 32.9 Å². The third kappa shape index (κ3) is 2.15. The second-order valence-corrected chi connectivity index (χ2v) is 5.38. The quantitative estimate of drug-likeness (QED) is 0.730. The zero-order chi connectivity index (χ0) is 11.1. The monoisotopic (exact) mass is 208 g/mol. The molecule has 0 aliphatic carbocycles. The first-order valence-electron chi connectivity index (χ1n) is 5.53. The average molecular weight is 208 g/mol. The van der Waals surface area contributed by atoms with E-state index in [4.69, 9.17) is 5.73 Å². The summed E-state index contributed by atoms with van der Waals surface area (Å²) in [4.78, 5) is 2.25. The molecule has 1 atom stereocenters. The van der Waals surface area contributed by atoms with Crippen LogP contribution in [0.15, 0.2) is 6.07 Å². The topological polar surface area (TPSA) is 57.9 Å². The van der Waals surface area contributed by atoms with Gasteiger partial charge in [0.1, 0.15) is 0 Å². The first kappa shape index (κ1) is 10.5. The van der Waals surface area contributed by atoms with E-state index in [1.807, 2.05) is 0 Å². The van der Waals surface area contributed by atoms with Gasteiger partial charge in [0.25, 0.3) is 0 Å². The van der Waals surface area contributed by atoms with Crippen LogP contribution in [0, 0.1) is 0 Å². The van der Waals surface area contributed by atoms with Gasteiger partial charge in [-0.3, -0.25) is 5.10 Å². The van der Waals surface area contributed by atoms with Crippen molar-refractivity contribution in [3.63, 3.8) is 0 Å². The second-order valence-electron chi connectivity index (χ2n) is 5.38. The highest BCUT2D eigenvalue weighted by molar-refractivity contribution is 5.42. The molecule has 4 nitrogen and oxygen atoms in total. The van der Waals surface area contributed by atoms with E-state index in [0.717, 1.165) is 25.3 Å². The highest BCUT2D eigenvalue weighted by Crippen LogP contribution is 2.25. The Morgan fingerprint density at radius 2 is 2.27 bits per heavy atom. The Labute approximate surface area is 90.8 Å². The molecular weight excluding hydrogens is 188 g/mol. The Balaban J connectivity index is 2.14. The van der Waals surface area contributed by atoms with Crippen LogP contribution in [-0.2, 0) is 5.41 Å². The Kier molecular flexibility index (Phi) is 2.46. The van der Waals surface area contributed by atoms with E-state index in [9.17, 15) is 0 Å². The lowest BCUT2D eigenvalue weighted by Crippen LogP contribution is -2.26. The number of nitrogens with zero attached hydrogens (tertiary/aromatic N) is 2. The lowest BCUT2D eigenvalue weighted by atomic mass is 9.92.